The van der Waals surface area contributed by atoms with E-state index in [1.54, 1.807) is 24.3 Å². The van der Waals surface area contributed by atoms with Gasteiger partial charge in [0.05, 0.1) is 0 Å². The number of hydrogen-bond donors (Lipinski definition) is 2. The van der Waals surface area contributed by atoms with Crippen molar-refractivity contribution < 1.29 is 14.4 Å². The minimum atomic E-state index is -0.694. The zero-order valence-electron chi connectivity index (χ0n) is 7.70. The molecule has 0 radical (unpaired) electrons. The van der Waals surface area contributed by atoms with Crippen LogP contribution < -0.4 is 11.2 Å². The lowest BCUT2D eigenvalue weighted by Crippen LogP contribution is -2.31. The Bertz CT molecular complexity index is 364. The molecule has 0 saturated carbocycles. The van der Waals surface area contributed by atoms with Crippen LogP contribution in [0.1, 0.15) is 10.4 Å². The van der Waals surface area contributed by atoms with E-state index in [-0.39, 0.29) is 12.5 Å². The van der Waals surface area contributed by atoms with Crippen LogP contribution in [-0.2, 0) is 9.63 Å². The van der Waals surface area contributed by atoms with E-state index in [0.29, 0.717) is 5.56 Å². The average molecular weight is 273 g/mol. The number of rotatable bonds is 3. The van der Waals surface area contributed by atoms with Crippen molar-refractivity contribution in [3.63, 3.8) is 0 Å². The van der Waals surface area contributed by atoms with Gasteiger partial charge in [-0.05, 0) is 24.3 Å². The molecular weight excluding hydrogens is 264 g/mol. The van der Waals surface area contributed by atoms with Crippen molar-refractivity contribution in [3.05, 3.63) is 34.3 Å². The Morgan fingerprint density at radius 1 is 1.33 bits per heavy atom. The molecule has 0 aliphatic carbocycles. The number of carbonyl (C=O) groups excluding carboxylic acids is 2. The molecule has 0 spiro atoms. The number of carbonyl (C=O) groups is 2. The maximum Gasteiger partial charge on any atom is 0.343 e. The minimum Gasteiger partial charge on any atom is -0.372 e. The largest absolute Gasteiger partial charge is 0.372 e. The summed E-state index contributed by atoms with van der Waals surface area (Å²) >= 11 is 3.25. The second-order valence-corrected chi connectivity index (χ2v) is 3.60. The Hall–Kier alpha value is -1.40. The van der Waals surface area contributed by atoms with Gasteiger partial charge in [0.25, 0.3) is 5.91 Å². The topological polar surface area (TPSA) is 81.4 Å². The normalized spacial score (nSPS) is 9.47. The van der Waals surface area contributed by atoms with Gasteiger partial charge in [-0.25, -0.2) is 4.79 Å². The number of amides is 1. The summed E-state index contributed by atoms with van der Waals surface area (Å²) in [4.78, 5) is 25.9. The molecule has 1 amide bonds. The Balaban J connectivity index is 2.54. The number of halogens is 1. The fourth-order valence-electron chi connectivity index (χ4n) is 0.897. The lowest BCUT2D eigenvalue weighted by molar-refractivity contribution is -0.142. The Morgan fingerprint density at radius 2 is 1.93 bits per heavy atom. The molecule has 15 heavy (non-hydrogen) atoms. The highest BCUT2D eigenvalue weighted by Crippen LogP contribution is 2.10. The number of nitrogens with one attached hydrogen (secondary N) is 1. The Kier molecular flexibility index (Phi) is 4.26. The fraction of sp³-hybridized carbons (Fsp3) is 0.111. The van der Waals surface area contributed by atoms with E-state index in [0.717, 1.165) is 4.47 Å². The highest BCUT2D eigenvalue weighted by molar-refractivity contribution is 9.10. The van der Waals surface area contributed by atoms with Gasteiger partial charge in [-0.15, -0.1) is 0 Å². The number of hydrogen-bond acceptors (Lipinski definition) is 4. The van der Waals surface area contributed by atoms with Gasteiger partial charge in [0.2, 0.25) is 0 Å². The number of nitrogens with two attached hydrogens (primary N) is 1. The van der Waals surface area contributed by atoms with E-state index in [1.165, 1.54) is 0 Å². The molecule has 80 valence electrons. The second-order valence-electron chi connectivity index (χ2n) is 2.68. The third-order valence-electron chi connectivity index (χ3n) is 1.63. The van der Waals surface area contributed by atoms with Crippen molar-refractivity contribution in [2.24, 2.45) is 5.90 Å². The molecule has 6 heteroatoms. The molecule has 1 rings (SSSR count). The summed E-state index contributed by atoms with van der Waals surface area (Å²) in [6.07, 6.45) is 0. The SMILES string of the molecule is NOC(=O)CNC(=O)c1ccc(Br)cc1. The molecule has 0 aliphatic heterocycles. The fourth-order valence-corrected chi connectivity index (χ4v) is 1.16. The predicted molar refractivity (Wildman–Crippen MR) is 56.8 cm³/mol. The lowest BCUT2D eigenvalue weighted by Gasteiger charge is -2.03. The van der Waals surface area contributed by atoms with Crippen LogP contribution in [0.2, 0.25) is 0 Å². The first-order valence-corrected chi connectivity index (χ1v) is 4.86. The van der Waals surface area contributed by atoms with Gasteiger partial charge in [-0.3, -0.25) is 4.79 Å². The molecule has 1 aromatic carbocycles. The molecular formula is C9H9BrN2O3. The minimum absolute atomic E-state index is 0.245. The van der Waals surface area contributed by atoms with E-state index >= 15 is 0 Å². The monoisotopic (exact) mass is 272 g/mol. The smallest absolute Gasteiger partial charge is 0.343 e. The predicted octanol–water partition coefficient (Wildman–Crippen LogP) is 0.596. The molecule has 0 fully saturated rings. The van der Waals surface area contributed by atoms with Crippen molar-refractivity contribution in [3.8, 4) is 0 Å². The van der Waals surface area contributed by atoms with Gasteiger partial charge in [0.15, 0.2) is 0 Å². The van der Waals surface area contributed by atoms with Crippen LogP contribution in [0.3, 0.4) is 0 Å². The standard InChI is InChI=1S/C9H9BrN2O3/c10-7-3-1-6(2-4-7)9(14)12-5-8(13)15-11/h1-4H,5,11H2,(H,12,14). The zero-order chi connectivity index (χ0) is 11.3. The van der Waals surface area contributed by atoms with Crippen LogP contribution in [0.5, 0.6) is 0 Å². The molecule has 3 N–H and O–H groups in total. The van der Waals surface area contributed by atoms with Crippen molar-refractivity contribution in [1.82, 2.24) is 5.32 Å². The molecule has 0 unspecified atom stereocenters. The molecule has 0 aromatic heterocycles. The highest BCUT2D eigenvalue weighted by Gasteiger charge is 2.07. The summed E-state index contributed by atoms with van der Waals surface area (Å²) in [7, 11) is 0. The molecule has 0 bridgehead atoms. The zero-order valence-corrected chi connectivity index (χ0v) is 9.28. The van der Waals surface area contributed by atoms with E-state index in [4.69, 9.17) is 0 Å². The molecule has 0 saturated heterocycles. The van der Waals surface area contributed by atoms with Gasteiger partial charge in [-0.1, -0.05) is 15.9 Å². The van der Waals surface area contributed by atoms with Crippen LogP contribution in [0.15, 0.2) is 28.7 Å². The van der Waals surface area contributed by atoms with E-state index in [9.17, 15) is 9.59 Å². The van der Waals surface area contributed by atoms with Gasteiger partial charge < -0.3 is 10.2 Å². The lowest BCUT2D eigenvalue weighted by atomic mass is 10.2. The summed E-state index contributed by atoms with van der Waals surface area (Å²) in [6.45, 7) is -0.245. The quantitative estimate of drug-likeness (QED) is 0.790. The molecule has 1 aromatic rings. The molecule has 0 aliphatic rings. The van der Waals surface area contributed by atoms with E-state index in [2.05, 4.69) is 32.0 Å². The first-order valence-electron chi connectivity index (χ1n) is 4.07. The first-order chi connectivity index (χ1) is 7.13. The summed E-state index contributed by atoms with van der Waals surface area (Å²) in [5.41, 5.74) is 0.461. The second kappa shape index (κ2) is 5.47. The van der Waals surface area contributed by atoms with Crippen molar-refractivity contribution in [2.75, 3.05) is 6.54 Å². The third kappa shape index (κ3) is 3.69. The maximum atomic E-state index is 11.4. The van der Waals surface area contributed by atoms with E-state index < -0.39 is 5.97 Å². The van der Waals surface area contributed by atoms with Crippen molar-refractivity contribution in [2.45, 2.75) is 0 Å². The van der Waals surface area contributed by atoms with Crippen LogP contribution >= 0.6 is 15.9 Å². The van der Waals surface area contributed by atoms with Crippen molar-refractivity contribution in [1.29, 1.82) is 0 Å². The van der Waals surface area contributed by atoms with Gasteiger partial charge in [-0.2, -0.15) is 5.90 Å². The number of benzene rings is 1. The van der Waals surface area contributed by atoms with Crippen LogP contribution in [0.25, 0.3) is 0 Å². The van der Waals surface area contributed by atoms with Crippen LogP contribution in [0.4, 0.5) is 0 Å². The van der Waals surface area contributed by atoms with Crippen LogP contribution in [-0.4, -0.2) is 18.4 Å². The summed E-state index contributed by atoms with van der Waals surface area (Å²) in [6, 6.07) is 6.73. The van der Waals surface area contributed by atoms with Gasteiger partial charge in [0, 0.05) is 10.0 Å². The van der Waals surface area contributed by atoms with Gasteiger partial charge >= 0.3 is 5.97 Å². The summed E-state index contributed by atoms with van der Waals surface area (Å²) in [5.74, 6) is 3.56. The van der Waals surface area contributed by atoms with Crippen molar-refractivity contribution >= 4 is 27.8 Å². The molecule has 5 nitrogen and oxygen atoms in total. The maximum absolute atomic E-state index is 11.4. The third-order valence-corrected chi connectivity index (χ3v) is 2.16. The van der Waals surface area contributed by atoms with Gasteiger partial charge in [0.1, 0.15) is 6.54 Å². The Morgan fingerprint density at radius 3 is 2.47 bits per heavy atom. The van der Waals surface area contributed by atoms with Crippen LogP contribution in [0, 0.1) is 0 Å². The average Bonchev–Trinajstić information content (AvgIpc) is 2.26. The first kappa shape index (κ1) is 11.7. The summed E-state index contributed by atoms with van der Waals surface area (Å²) < 4.78 is 0.875. The molecule has 0 heterocycles. The van der Waals surface area contributed by atoms with E-state index in [1.807, 2.05) is 0 Å². The molecule has 0 atom stereocenters. The highest BCUT2D eigenvalue weighted by atomic mass is 79.9. The Labute approximate surface area is 94.7 Å². The summed E-state index contributed by atoms with van der Waals surface area (Å²) in [5, 5.41) is 2.36.